The molecule has 0 aromatic heterocycles. The number of carboxylic acids is 1. The predicted molar refractivity (Wildman–Crippen MR) is 136 cm³/mol. The van der Waals surface area contributed by atoms with Gasteiger partial charge in [-0.2, -0.15) is 0 Å². The molecule has 1 heterocycles. The number of aryl methyl sites for hydroxylation is 1. The molecule has 0 radical (unpaired) electrons. The van der Waals surface area contributed by atoms with Crippen LogP contribution in [-0.2, 0) is 13.0 Å². The summed E-state index contributed by atoms with van der Waals surface area (Å²) in [4.78, 5) is 11.9. The minimum atomic E-state index is -0.868. The van der Waals surface area contributed by atoms with Crippen molar-refractivity contribution in [3.05, 3.63) is 113 Å². The van der Waals surface area contributed by atoms with Crippen molar-refractivity contribution in [2.45, 2.75) is 38.3 Å². The molecule has 5 rings (SSSR count). The van der Waals surface area contributed by atoms with E-state index in [1.807, 2.05) is 37.3 Å². The van der Waals surface area contributed by atoms with Crippen molar-refractivity contribution in [2.75, 3.05) is 6.54 Å². The van der Waals surface area contributed by atoms with E-state index in [0.29, 0.717) is 18.5 Å². The van der Waals surface area contributed by atoms with Gasteiger partial charge in [0.15, 0.2) is 0 Å². The van der Waals surface area contributed by atoms with Gasteiger partial charge in [-0.25, -0.2) is 4.79 Å². The third-order valence-corrected chi connectivity index (χ3v) is 6.80. The molecular weight excluding hydrogens is 422 g/mol. The Hall–Kier alpha value is -3.63. The fourth-order valence-electron chi connectivity index (χ4n) is 5.07. The van der Waals surface area contributed by atoms with Crippen LogP contribution in [0.3, 0.4) is 0 Å². The summed E-state index contributed by atoms with van der Waals surface area (Å²) in [6.45, 7) is 3.47. The number of hydrogen-bond donors (Lipinski definition) is 2. The molecule has 0 aliphatic carbocycles. The van der Waals surface area contributed by atoms with Gasteiger partial charge in [0.05, 0.1) is 5.56 Å². The first-order valence-electron chi connectivity index (χ1n) is 11.9. The Bertz CT molecular complexity index is 1320. The quantitative estimate of drug-likeness (QED) is 0.353. The highest BCUT2D eigenvalue weighted by Gasteiger charge is 2.29. The van der Waals surface area contributed by atoms with Gasteiger partial charge in [0.25, 0.3) is 0 Å². The van der Waals surface area contributed by atoms with E-state index in [1.54, 1.807) is 0 Å². The first kappa shape index (κ1) is 22.2. The normalized spacial score (nSPS) is 17.2. The van der Waals surface area contributed by atoms with Crippen LogP contribution in [0.4, 0.5) is 0 Å². The highest BCUT2D eigenvalue weighted by molar-refractivity contribution is 5.89. The summed E-state index contributed by atoms with van der Waals surface area (Å²) in [6.07, 6.45) is 1.49. The third kappa shape index (κ3) is 4.42. The van der Waals surface area contributed by atoms with Gasteiger partial charge >= 0.3 is 5.97 Å². The highest BCUT2D eigenvalue weighted by atomic mass is 16.5. The summed E-state index contributed by atoms with van der Waals surface area (Å²) in [5.74, 6) is 0.109. The number of benzene rings is 4. The lowest BCUT2D eigenvalue weighted by Crippen LogP contribution is -2.35. The number of para-hydroxylation sites is 1. The lowest BCUT2D eigenvalue weighted by Gasteiger charge is -2.33. The van der Waals surface area contributed by atoms with Crippen LogP contribution in [0.25, 0.3) is 10.8 Å². The molecule has 1 aliphatic heterocycles. The number of nitrogens with one attached hydrogen (secondary N) is 1. The minimum absolute atomic E-state index is 0.00555. The molecule has 0 bridgehead atoms. The van der Waals surface area contributed by atoms with E-state index in [0.717, 1.165) is 35.4 Å². The number of fused-ring (bicyclic) bond motifs is 2. The van der Waals surface area contributed by atoms with Gasteiger partial charge in [0.1, 0.15) is 11.9 Å². The molecule has 2 unspecified atom stereocenters. The summed E-state index contributed by atoms with van der Waals surface area (Å²) in [7, 11) is 0. The number of hydrogen-bond acceptors (Lipinski definition) is 3. The minimum Gasteiger partial charge on any atom is -0.489 e. The first-order valence-corrected chi connectivity index (χ1v) is 11.9. The van der Waals surface area contributed by atoms with Gasteiger partial charge < -0.3 is 15.2 Å². The molecule has 2 atom stereocenters. The Morgan fingerprint density at radius 2 is 1.76 bits per heavy atom. The second kappa shape index (κ2) is 9.70. The van der Waals surface area contributed by atoms with E-state index in [1.165, 1.54) is 16.3 Å². The lowest BCUT2D eigenvalue weighted by atomic mass is 9.83. The number of carbonyl (C=O) groups is 1. The van der Waals surface area contributed by atoms with Crippen molar-refractivity contribution in [1.82, 2.24) is 5.32 Å². The zero-order chi connectivity index (χ0) is 23.5. The third-order valence-electron chi connectivity index (χ3n) is 6.80. The Kier molecular flexibility index (Phi) is 6.33. The number of carboxylic acid groups (broad SMARTS) is 1. The van der Waals surface area contributed by atoms with E-state index in [9.17, 15) is 9.90 Å². The maximum absolute atomic E-state index is 11.9. The van der Waals surface area contributed by atoms with Gasteiger partial charge in [-0.15, -0.1) is 0 Å². The second-order valence-corrected chi connectivity index (χ2v) is 8.91. The Balaban J connectivity index is 1.36. The fourth-order valence-corrected chi connectivity index (χ4v) is 5.07. The molecule has 4 heteroatoms. The molecule has 0 spiro atoms. The van der Waals surface area contributed by atoms with Gasteiger partial charge in [0.2, 0.25) is 0 Å². The van der Waals surface area contributed by atoms with E-state index in [-0.39, 0.29) is 12.0 Å². The summed E-state index contributed by atoms with van der Waals surface area (Å²) in [6, 6.07) is 28.9. The Morgan fingerprint density at radius 1 is 0.971 bits per heavy atom. The number of aromatic carboxylic acids is 1. The van der Waals surface area contributed by atoms with Crippen molar-refractivity contribution in [2.24, 2.45) is 0 Å². The molecule has 0 saturated carbocycles. The Labute approximate surface area is 200 Å². The fraction of sp³-hybridized carbons (Fsp3) is 0.233. The van der Waals surface area contributed by atoms with E-state index >= 15 is 0 Å². The molecule has 4 nitrogen and oxygen atoms in total. The average molecular weight is 452 g/mol. The first-order chi connectivity index (χ1) is 16.6. The maximum atomic E-state index is 11.9. The van der Waals surface area contributed by atoms with Crippen LogP contribution in [-0.4, -0.2) is 23.7 Å². The molecule has 0 saturated heterocycles. The van der Waals surface area contributed by atoms with Crippen LogP contribution in [0.15, 0.2) is 84.9 Å². The molecule has 1 aliphatic rings. The highest BCUT2D eigenvalue weighted by Crippen LogP contribution is 2.40. The smallest absolute Gasteiger partial charge is 0.335 e. The van der Waals surface area contributed by atoms with Crippen LogP contribution in [0.1, 0.15) is 51.9 Å². The van der Waals surface area contributed by atoms with Crippen LogP contribution in [0, 0.1) is 0 Å². The monoisotopic (exact) mass is 451 g/mol. The molecule has 2 N–H and O–H groups in total. The summed E-state index contributed by atoms with van der Waals surface area (Å²) in [5, 5.41) is 15.8. The van der Waals surface area contributed by atoms with Crippen LogP contribution < -0.4 is 10.1 Å². The van der Waals surface area contributed by atoms with E-state index in [4.69, 9.17) is 4.74 Å². The van der Waals surface area contributed by atoms with E-state index in [2.05, 4.69) is 59.9 Å². The maximum Gasteiger partial charge on any atom is 0.335 e. The van der Waals surface area contributed by atoms with Crippen molar-refractivity contribution in [1.29, 1.82) is 0 Å². The SMILES string of the molecule is CCc1ccc(C2CC(CNCc3cccc4ccccc34)Oc3ccccc32)cc1C(=O)O. The lowest BCUT2D eigenvalue weighted by molar-refractivity contribution is 0.0695. The zero-order valence-corrected chi connectivity index (χ0v) is 19.3. The molecule has 0 fully saturated rings. The molecule has 0 amide bonds. The molecule has 4 aromatic rings. The van der Waals surface area contributed by atoms with Crippen LogP contribution in [0.5, 0.6) is 5.75 Å². The number of rotatable bonds is 7. The number of ether oxygens (including phenoxy) is 1. The molecule has 4 aromatic carbocycles. The van der Waals surface area contributed by atoms with Crippen molar-refractivity contribution < 1.29 is 14.6 Å². The van der Waals surface area contributed by atoms with Gasteiger partial charge in [-0.05, 0) is 52.4 Å². The zero-order valence-electron chi connectivity index (χ0n) is 19.3. The van der Waals surface area contributed by atoms with Gasteiger partial charge in [0, 0.05) is 24.6 Å². The predicted octanol–water partition coefficient (Wildman–Crippen LogP) is 6.17. The molecule has 172 valence electrons. The molecule has 34 heavy (non-hydrogen) atoms. The summed E-state index contributed by atoms with van der Waals surface area (Å²) >= 11 is 0. The summed E-state index contributed by atoms with van der Waals surface area (Å²) < 4.78 is 6.35. The molecular formula is C30H29NO3. The van der Waals surface area contributed by atoms with Gasteiger partial charge in [-0.1, -0.05) is 79.7 Å². The topological polar surface area (TPSA) is 58.6 Å². The van der Waals surface area contributed by atoms with Crippen molar-refractivity contribution in [3.63, 3.8) is 0 Å². The van der Waals surface area contributed by atoms with Crippen LogP contribution in [0.2, 0.25) is 0 Å². The van der Waals surface area contributed by atoms with Crippen molar-refractivity contribution >= 4 is 16.7 Å². The second-order valence-electron chi connectivity index (χ2n) is 8.91. The Morgan fingerprint density at radius 3 is 2.62 bits per heavy atom. The standard InChI is InChI=1S/C30H29NO3/c1-2-20-14-15-22(16-28(20)30(32)33)27-17-24(34-29-13-6-5-12-26(27)29)19-31-18-23-10-7-9-21-8-3-4-11-25(21)23/h3-16,24,27,31H,2,17-19H2,1H3,(H,32,33). The average Bonchev–Trinajstić information content (AvgIpc) is 2.88. The van der Waals surface area contributed by atoms with Crippen LogP contribution >= 0.6 is 0 Å². The van der Waals surface area contributed by atoms with Crippen molar-refractivity contribution in [3.8, 4) is 5.75 Å². The summed E-state index contributed by atoms with van der Waals surface area (Å²) in [5.41, 5.74) is 4.68. The van der Waals surface area contributed by atoms with Gasteiger partial charge in [-0.3, -0.25) is 0 Å². The largest absolute Gasteiger partial charge is 0.489 e. The van der Waals surface area contributed by atoms with E-state index < -0.39 is 5.97 Å².